The van der Waals surface area contributed by atoms with E-state index in [2.05, 4.69) is 5.32 Å². The van der Waals surface area contributed by atoms with Crippen LogP contribution in [0.3, 0.4) is 0 Å². The lowest BCUT2D eigenvalue weighted by Crippen LogP contribution is -2.41. The fourth-order valence-corrected chi connectivity index (χ4v) is 4.10. The van der Waals surface area contributed by atoms with E-state index in [-0.39, 0.29) is 11.8 Å². The first kappa shape index (κ1) is 22.3. The van der Waals surface area contributed by atoms with Crippen LogP contribution < -0.4 is 5.32 Å². The lowest BCUT2D eigenvalue weighted by Gasteiger charge is -2.34. The van der Waals surface area contributed by atoms with Crippen molar-refractivity contribution >= 4 is 23.4 Å². The Kier molecular flexibility index (Phi) is 8.29. The van der Waals surface area contributed by atoms with Gasteiger partial charge in [0, 0.05) is 38.2 Å². The summed E-state index contributed by atoms with van der Waals surface area (Å²) < 4.78 is 5.48. The lowest BCUT2D eigenvalue weighted by atomic mass is 9.91. The number of methoxy groups -OCH3 is 1. The van der Waals surface area contributed by atoms with Crippen LogP contribution in [0.5, 0.6) is 0 Å². The molecule has 5 nitrogen and oxygen atoms in total. The Balaban J connectivity index is 1.40. The summed E-state index contributed by atoms with van der Waals surface area (Å²) in [4.78, 5) is 26.9. The molecule has 2 aromatic carbocycles. The minimum Gasteiger partial charge on any atom is -0.367 e. The maximum Gasteiger partial charge on any atom is 0.256 e. The van der Waals surface area contributed by atoms with Crippen LogP contribution in [-0.4, -0.2) is 36.9 Å². The highest BCUT2D eigenvalue weighted by molar-refractivity contribution is 6.30. The number of likely N-dealkylation sites (tertiary alicyclic amines) is 1. The van der Waals surface area contributed by atoms with Crippen LogP contribution in [0.4, 0.5) is 0 Å². The Morgan fingerprint density at radius 2 is 1.87 bits per heavy atom. The second kappa shape index (κ2) is 11.1. The molecular formula is C24H29ClN2O3. The van der Waals surface area contributed by atoms with Crippen LogP contribution in [0.1, 0.15) is 42.9 Å². The number of ether oxygens (including phenoxy) is 1. The van der Waals surface area contributed by atoms with Gasteiger partial charge >= 0.3 is 0 Å². The van der Waals surface area contributed by atoms with Gasteiger partial charge in [-0.1, -0.05) is 54.1 Å². The van der Waals surface area contributed by atoms with Crippen molar-refractivity contribution in [3.8, 4) is 0 Å². The second-order valence-electron chi connectivity index (χ2n) is 7.74. The van der Waals surface area contributed by atoms with Crippen LogP contribution in [0.2, 0.25) is 5.02 Å². The van der Waals surface area contributed by atoms with Crippen molar-refractivity contribution in [2.45, 2.75) is 38.3 Å². The van der Waals surface area contributed by atoms with Gasteiger partial charge in [0.25, 0.3) is 5.91 Å². The van der Waals surface area contributed by atoms with E-state index in [4.69, 9.17) is 16.3 Å². The molecule has 1 fully saturated rings. The number of halogens is 1. The fraction of sp³-hybridized carbons (Fsp3) is 0.417. The highest BCUT2D eigenvalue weighted by Crippen LogP contribution is 2.26. The molecular weight excluding hydrogens is 400 g/mol. The van der Waals surface area contributed by atoms with Crippen molar-refractivity contribution in [3.05, 3.63) is 70.7 Å². The Bertz CT molecular complexity index is 835. The van der Waals surface area contributed by atoms with E-state index in [9.17, 15) is 9.59 Å². The van der Waals surface area contributed by atoms with Gasteiger partial charge in [-0.3, -0.25) is 9.59 Å². The number of rotatable bonds is 8. The van der Waals surface area contributed by atoms with E-state index in [0.29, 0.717) is 37.0 Å². The first-order chi connectivity index (χ1) is 14.6. The Morgan fingerprint density at radius 3 is 2.53 bits per heavy atom. The van der Waals surface area contributed by atoms with Gasteiger partial charge in [-0.05, 0) is 48.4 Å². The molecule has 0 aromatic heterocycles. The molecule has 1 unspecified atom stereocenters. The predicted molar refractivity (Wildman–Crippen MR) is 118 cm³/mol. The molecule has 0 radical (unpaired) electrons. The van der Waals surface area contributed by atoms with Gasteiger partial charge in [-0.2, -0.15) is 0 Å². The average Bonchev–Trinajstić information content (AvgIpc) is 2.78. The Labute approximate surface area is 183 Å². The van der Waals surface area contributed by atoms with Crippen molar-refractivity contribution in [3.63, 3.8) is 0 Å². The minimum absolute atomic E-state index is 0.0152. The molecule has 160 valence electrons. The zero-order valence-corrected chi connectivity index (χ0v) is 18.1. The molecule has 30 heavy (non-hydrogen) atoms. The summed E-state index contributed by atoms with van der Waals surface area (Å²) in [7, 11) is 1.57. The molecule has 0 aliphatic carbocycles. The normalized spacial score (nSPS) is 15.6. The van der Waals surface area contributed by atoms with E-state index in [1.54, 1.807) is 7.11 Å². The van der Waals surface area contributed by atoms with Gasteiger partial charge in [0.15, 0.2) is 6.10 Å². The lowest BCUT2D eigenvalue weighted by molar-refractivity contribution is -0.144. The molecule has 2 amide bonds. The second-order valence-corrected chi connectivity index (χ2v) is 8.18. The zero-order chi connectivity index (χ0) is 21.3. The molecule has 1 saturated heterocycles. The molecule has 2 aromatic rings. The van der Waals surface area contributed by atoms with E-state index in [1.165, 1.54) is 0 Å². The maximum absolute atomic E-state index is 12.9. The summed E-state index contributed by atoms with van der Waals surface area (Å²) in [5, 5.41) is 3.63. The third kappa shape index (κ3) is 6.31. The minimum atomic E-state index is -0.556. The van der Waals surface area contributed by atoms with Crippen molar-refractivity contribution in [1.82, 2.24) is 10.2 Å². The summed E-state index contributed by atoms with van der Waals surface area (Å²) >= 11 is 5.97. The molecule has 1 aliphatic rings. The number of nitrogens with one attached hydrogen (secondary N) is 1. The highest BCUT2D eigenvalue weighted by Gasteiger charge is 2.29. The van der Waals surface area contributed by atoms with Crippen LogP contribution >= 0.6 is 11.6 Å². The zero-order valence-electron chi connectivity index (χ0n) is 17.4. The number of benzene rings is 2. The van der Waals surface area contributed by atoms with E-state index in [0.717, 1.165) is 30.4 Å². The van der Waals surface area contributed by atoms with E-state index < -0.39 is 6.10 Å². The number of nitrogens with zero attached hydrogens (tertiary/aromatic N) is 1. The molecule has 0 saturated carbocycles. The fourth-order valence-electron chi connectivity index (χ4n) is 3.89. The first-order valence-corrected chi connectivity index (χ1v) is 10.8. The smallest absolute Gasteiger partial charge is 0.256 e. The predicted octanol–water partition coefficient (Wildman–Crippen LogP) is 4.36. The summed E-state index contributed by atoms with van der Waals surface area (Å²) in [6.45, 7) is 1.91. The highest BCUT2D eigenvalue weighted by atomic mass is 35.5. The SMILES string of the molecule is COC(C(=O)N1CCC(CCC(=O)NCc2cccc(Cl)c2)CC1)c1ccccc1. The maximum atomic E-state index is 12.9. The van der Waals surface area contributed by atoms with Crippen molar-refractivity contribution in [2.24, 2.45) is 5.92 Å². The monoisotopic (exact) mass is 428 g/mol. The summed E-state index contributed by atoms with van der Waals surface area (Å²) in [6.07, 6.45) is 2.62. The third-order valence-corrected chi connectivity index (χ3v) is 5.88. The molecule has 3 rings (SSSR count). The van der Waals surface area contributed by atoms with Crippen LogP contribution in [0.15, 0.2) is 54.6 Å². The summed E-state index contributed by atoms with van der Waals surface area (Å²) in [5.41, 5.74) is 1.87. The van der Waals surface area contributed by atoms with Crippen LogP contribution in [-0.2, 0) is 20.9 Å². The number of amides is 2. The van der Waals surface area contributed by atoms with Gasteiger partial charge in [0.2, 0.25) is 5.91 Å². The molecule has 1 atom stereocenters. The molecule has 1 heterocycles. The number of piperidine rings is 1. The Morgan fingerprint density at radius 1 is 1.13 bits per heavy atom. The standard InChI is InChI=1S/C24H29ClN2O3/c1-30-23(20-7-3-2-4-8-20)24(29)27-14-12-18(13-15-27)10-11-22(28)26-17-19-6-5-9-21(25)16-19/h2-9,16,18,23H,10-15,17H2,1H3,(H,26,28). The van der Waals surface area contributed by atoms with Crippen molar-refractivity contribution in [1.29, 1.82) is 0 Å². The first-order valence-electron chi connectivity index (χ1n) is 10.4. The topological polar surface area (TPSA) is 58.6 Å². The molecule has 1 aliphatic heterocycles. The third-order valence-electron chi connectivity index (χ3n) is 5.65. The largest absolute Gasteiger partial charge is 0.367 e. The molecule has 1 N–H and O–H groups in total. The number of hydrogen-bond donors (Lipinski definition) is 1. The van der Waals surface area contributed by atoms with Crippen LogP contribution in [0, 0.1) is 5.92 Å². The van der Waals surface area contributed by atoms with Gasteiger partial charge < -0.3 is 15.0 Å². The van der Waals surface area contributed by atoms with E-state index in [1.807, 2.05) is 59.5 Å². The van der Waals surface area contributed by atoms with Crippen LogP contribution in [0.25, 0.3) is 0 Å². The van der Waals surface area contributed by atoms with Gasteiger partial charge in [0.05, 0.1) is 0 Å². The average molecular weight is 429 g/mol. The van der Waals surface area contributed by atoms with Crippen molar-refractivity contribution < 1.29 is 14.3 Å². The van der Waals surface area contributed by atoms with Crippen molar-refractivity contribution in [2.75, 3.05) is 20.2 Å². The molecule has 0 spiro atoms. The quantitative estimate of drug-likeness (QED) is 0.679. The number of carbonyl (C=O) groups excluding carboxylic acids is 2. The molecule has 6 heteroatoms. The van der Waals surface area contributed by atoms with E-state index >= 15 is 0 Å². The van der Waals surface area contributed by atoms with Gasteiger partial charge in [-0.15, -0.1) is 0 Å². The molecule has 0 bridgehead atoms. The summed E-state index contributed by atoms with van der Waals surface area (Å²) in [6, 6.07) is 17.1. The van der Waals surface area contributed by atoms with Gasteiger partial charge in [0.1, 0.15) is 0 Å². The number of carbonyl (C=O) groups is 2. The Hall–Kier alpha value is -2.37. The van der Waals surface area contributed by atoms with Gasteiger partial charge in [-0.25, -0.2) is 0 Å². The summed E-state index contributed by atoms with van der Waals surface area (Å²) in [5.74, 6) is 0.530. The number of hydrogen-bond acceptors (Lipinski definition) is 3.